The van der Waals surface area contributed by atoms with Gasteiger partial charge in [0.15, 0.2) is 0 Å². The van der Waals surface area contributed by atoms with Crippen LogP contribution in [0.4, 0.5) is 4.39 Å². The predicted molar refractivity (Wildman–Crippen MR) is 73.7 cm³/mol. The Labute approximate surface area is 115 Å². The van der Waals surface area contributed by atoms with E-state index in [4.69, 9.17) is 10.00 Å². The van der Waals surface area contributed by atoms with Gasteiger partial charge in [-0.15, -0.1) is 11.8 Å². The summed E-state index contributed by atoms with van der Waals surface area (Å²) in [5.41, 5.74) is 1.21. The Hall–Kier alpha value is -1.99. The monoisotopic (exact) mass is 273 g/mol. The van der Waals surface area contributed by atoms with Crippen LogP contribution >= 0.6 is 11.8 Å². The van der Waals surface area contributed by atoms with Gasteiger partial charge in [-0.25, -0.2) is 4.39 Å². The number of hydrogen-bond acceptors (Lipinski definition) is 3. The fraction of sp³-hybridized carbons (Fsp3) is 0.133. The zero-order valence-corrected chi connectivity index (χ0v) is 11.2. The highest BCUT2D eigenvalue weighted by Crippen LogP contribution is 2.27. The zero-order valence-electron chi connectivity index (χ0n) is 10.4. The van der Waals surface area contributed by atoms with Crippen LogP contribution in [0.5, 0.6) is 5.75 Å². The van der Waals surface area contributed by atoms with Gasteiger partial charge in [0.05, 0.1) is 18.7 Å². The lowest BCUT2D eigenvalue weighted by Crippen LogP contribution is -1.89. The van der Waals surface area contributed by atoms with Crippen molar-refractivity contribution >= 4 is 11.8 Å². The molecule has 0 bridgehead atoms. The van der Waals surface area contributed by atoms with Gasteiger partial charge in [-0.2, -0.15) is 5.26 Å². The highest BCUT2D eigenvalue weighted by atomic mass is 32.2. The first kappa shape index (κ1) is 13.4. The molecule has 0 radical (unpaired) electrons. The lowest BCUT2D eigenvalue weighted by Gasteiger charge is -2.06. The minimum Gasteiger partial charge on any atom is -0.497 e. The van der Waals surface area contributed by atoms with Crippen molar-refractivity contribution in [2.24, 2.45) is 0 Å². The van der Waals surface area contributed by atoms with Gasteiger partial charge in [0, 0.05) is 10.6 Å². The first-order chi connectivity index (χ1) is 9.22. The summed E-state index contributed by atoms with van der Waals surface area (Å²) in [6.45, 7) is 0. The fourth-order valence-electron chi connectivity index (χ4n) is 1.64. The van der Waals surface area contributed by atoms with Crippen molar-refractivity contribution in [1.29, 1.82) is 5.26 Å². The van der Waals surface area contributed by atoms with Crippen molar-refractivity contribution in [2.45, 2.75) is 10.6 Å². The number of rotatable bonds is 4. The molecule has 0 aliphatic heterocycles. The van der Waals surface area contributed by atoms with E-state index in [0.29, 0.717) is 16.9 Å². The normalized spacial score (nSPS) is 9.95. The van der Waals surface area contributed by atoms with Gasteiger partial charge in [0.25, 0.3) is 0 Å². The molecule has 0 amide bonds. The highest BCUT2D eigenvalue weighted by molar-refractivity contribution is 7.98. The molecule has 0 aromatic heterocycles. The predicted octanol–water partition coefficient (Wildman–Crippen LogP) is 4.00. The second kappa shape index (κ2) is 6.26. The topological polar surface area (TPSA) is 33.0 Å². The van der Waals surface area contributed by atoms with Crippen LogP contribution in [0.3, 0.4) is 0 Å². The number of halogens is 1. The number of hydrogen-bond donors (Lipinski definition) is 0. The maximum absolute atomic E-state index is 13.2. The molecule has 2 nitrogen and oxygen atoms in total. The molecule has 0 heterocycles. The summed E-state index contributed by atoms with van der Waals surface area (Å²) in [6, 6.07) is 13.9. The number of nitriles is 1. The van der Waals surface area contributed by atoms with Crippen molar-refractivity contribution in [1.82, 2.24) is 0 Å². The standard InChI is InChI=1S/C15H12FNOS/c1-18-14-3-2-4-15(8-14)19-10-12-7-13(16)6-5-11(12)9-17/h2-8H,10H2,1H3. The Morgan fingerprint density at radius 2 is 2.11 bits per heavy atom. The van der Waals surface area contributed by atoms with Crippen LogP contribution in [-0.4, -0.2) is 7.11 Å². The summed E-state index contributed by atoms with van der Waals surface area (Å²) in [7, 11) is 1.62. The molecule has 0 aliphatic carbocycles. The van der Waals surface area contributed by atoms with Gasteiger partial charge in [0.2, 0.25) is 0 Å². The fourth-order valence-corrected chi connectivity index (χ4v) is 2.58. The number of thioether (sulfide) groups is 1. The Bertz CT molecular complexity index is 622. The van der Waals surface area contributed by atoms with Gasteiger partial charge in [-0.05, 0) is 42.0 Å². The van der Waals surface area contributed by atoms with Gasteiger partial charge in [0.1, 0.15) is 11.6 Å². The number of ether oxygens (including phenoxy) is 1. The lowest BCUT2D eigenvalue weighted by molar-refractivity contribution is 0.413. The molecule has 0 spiro atoms. The lowest BCUT2D eigenvalue weighted by atomic mass is 10.1. The Kier molecular flexibility index (Phi) is 4.43. The van der Waals surface area contributed by atoms with E-state index in [1.807, 2.05) is 24.3 Å². The first-order valence-electron chi connectivity index (χ1n) is 5.68. The van der Waals surface area contributed by atoms with E-state index in [2.05, 4.69) is 6.07 Å². The van der Waals surface area contributed by atoms with Crippen LogP contribution in [0.2, 0.25) is 0 Å². The number of methoxy groups -OCH3 is 1. The van der Waals surface area contributed by atoms with E-state index in [9.17, 15) is 4.39 Å². The third-order valence-corrected chi connectivity index (χ3v) is 3.67. The van der Waals surface area contributed by atoms with Crippen LogP contribution in [-0.2, 0) is 5.75 Å². The Morgan fingerprint density at radius 3 is 2.84 bits per heavy atom. The van der Waals surface area contributed by atoms with Crippen molar-refractivity contribution in [3.63, 3.8) is 0 Å². The summed E-state index contributed by atoms with van der Waals surface area (Å²) < 4.78 is 18.3. The number of nitrogens with zero attached hydrogens (tertiary/aromatic N) is 1. The molecule has 19 heavy (non-hydrogen) atoms. The molecule has 0 N–H and O–H groups in total. The average molecular weight is 273 g/mol. The summed E-state index contributed by atoms with van der Waals surface area (Å²) in [5.74, 6) is 1.01. The van der Waals surface area contributed by atoms with E-state index in [1.165, 1.54) is 18.2 Å². The molecular weight excluding hydrogens is 261 g/mol. The first-order valence-corrected chi connectivity index (χ1v) is 6.67. The molecule has 96 valence electrons. The maximum atomic E-state index is 13.2. The Balaban J connectivity index is 2.14. The van der Waals surface area contributed by atoms with Crippen molar-refractivity contribution in [2.75, 3.05) is 7.11 Å². The van der Waals surface area contributed by atoms with E-state index in [-0.39, 0.29) is 5.82 Å². The van der Waals surface area contributed by atoms with Crippen LogP contribution in [0.15, 0.2) is 47.4 Å². The minimum atomic E-state index is -0.319. The quantitative estimate of drug-likeness (QED) is 0.789. The molecule has 0 saturated heterocycles. The summed E-state index contributed by atoms with van der Waals surface area (Å²) >= 11 is 1.54. The summed E-state index contributed by atoms with van der Waals surface area (Å²) in [4.78, 5) is 1.02. The zero-order chi connectivity index (χ0) is 13.7. The van der Waals surface area contributed by atoms with Gasteiger partial charge in [-0.1, -0.05) is 6.07 Å². The van der Waals surface area contributed by atoms with Crippen molar-refractivity contribution in [3.8, 4) is 11.8 Å². The van der Waals surface area contributed by atoms with Crippen LogP contribution in [0, 0.1) is 17.1 Å². The summed E-state index contributed by atoms with van der Waals surface area (Å²) in [5, 5.41) is 8.99. The van der Waals surface area contributed by atoms with Gasteiger partial charge >= 0.3 is 0 Å². The van der Waals surface area contributed by atoms with Gasteiger partial charge < -0.3 is 4.74 Å². The third-order valence-electron chi connectivity index (χ3n) is 2.62. The molecule has 0 aliphatic rings. The average Bonchev–Trinajstić information content (AvgIpc) is 2.45. The van der Waals surface area contributed by atoms with Crippen molar-refractivity contribution < 1.29 is 9.13 Å². The summed E-state index contributed by atoms with van der Waals surface area (Å²) in [6.07, 6.45) is 0. The minimum absolute atomic E-state index is 0.319. The van der Waals surface area contributed by atoms with Crippen molar-refractivity contribution in [3.05, 3.63) is 59.4 Å². The molecule has 2 aromatic rings. The van der Waals surface area contributed by atoms with E-state index in [1.54, 1.807) is 18.9 Å². The molecule has 0 fully saturated rings. The second-order valence-corrected chi connectivity index (χ2v) is 4.93. The molecule has 2 aromatic carbocycles. The number of benzene rings is 2. The van der Waals surface area contributed by atoms with E-state index in [0.717, 1.165) is 10.6 Å². The molecular formula is C15H12FNOS. The largest absolute Gasteiger partial charge is 0.497 e. The second-order valence-electron chi connectivity index (χ2n) is 3.88. The Morgan fingerprint density at radius 1 is 1.26 bits per heavy atom. The van der Waals surface area contributed by atoms with Crippen LogP contribution in [0.1, 0.15) is 11.1 Å². The molecule has 0 saturated carbocycles. The SMILES string of the molecule is COc1cccc(SCc2cc(F)ccc2C#N)c1. The van der Waals surface area contributed by atoms with Gasteiger partial charge in [-0.3, -0.25) is 0 Å². The van der Waals surface area contributed by atoms with Crippen LogP contribution in [0.25, 0.3) is 0 Å². The van der Waals surface area contributed by atoms with Crippen LogP contribution < -0.4 is 4.74 Å². The molecule has 0 unspecified atom stereocenters. The highest BCUT2D eigenvalue weighted by Gasteiger charge is 2.05. The molecule has 4 heteroatoms. The molecule has 2 rings (SSSR count). The van der Waals surface area contributed by atoms with E-state index >= 15 is 0 Å². The smallest absolute Gasteiger partial charge is 0.123 e. The maximum Gasteiger partial charge on any atom is 0.123 e. The van der Waals surface area contributed by atoms with E-state index < -0.39 is 0 Å². The third kappa shape index (κ3) is 3.49. The molecule has 0 atom stereocenters.